The Labute approximate surface area is 129 Å². The fourth-order valence-corrected chi connectivity index (χ4v) is 3.24. The van der Waals surface area contributed by atoms with Crippen molar-refractivity contribution in [3.05, 3.63) is 33.3 Å². The van der Waals surface area contributed by atoms with Gasteiger partial charge >= 0.3 is 0 Å². The number of hydrogen-bond donors (Lipinski definition) is 1. The molecule has 19 heavy (non-hydrogen) atoms. The van der Waals surface area contributed by atoms with Crippen molar-refractivity contribution in [1.82, 2.24) is 5.32 Å². The van der Waals surface area contributed by atoms with Gasteiger partial charge in [0.2, 0.25) is 0 Å². The third-order valence-corrected chi connectivity index (χ3v) is 4.78. The molecule has 0 aliphatic carbocycles. The average Bonchev–Trinajstić information content (AvgIpc) is 2.37. The number of nitrogens with one attached hydrogen (secondary N) is 1. The third kappa shape index (κ3) is 4.19. The quantitative estimate of drug-likeness (QED) is 0.862. The summed E-state index contributed by atoms with van der Waals surface area (Å²) in [4.78, 5) is 0. The Morgan fingerprint density at radius 3 is 2.74 bits per heavy atom. The lowest BCUT2D eigenvalue weighted by atomic mass is 9.82. The zero-order valence-corrected chi connectivity index (χ0v) is 13.9. The van der Waals surface area contributed by atoms with Crippen LogP contribution in [0.2, 0.25) is 5.02 Å². The van der Waals surface area contributed by atoms with Gasteiger partial charge in [-0.2, -0.15) is 0 Å². The average molecular weight is 347 g/mol. The molecule has 0 spiro atoms. The highest BCUT2D eigenvalue weighted by atomic mass is 79.9. The van der Waals surface area contributed by atoms with Crippen molar-refractivity contribution in [2.24, 2.45) is 5.41 Å². The molecule has 1 aromatic rings. The molecule has 1 saturated heterocycles. The van der Waals surface area contributed by atoms with Crippen LogP contribution in [0.15, 0.2) is 22.7 Å². The van der Waals surface area contributed by atoms with E-state index in [9.17, 15) is 0 Å². The van der Waals surface area contributed by atoms with E-state index in [-0.39, 0.29) is 6.04 Å². The third-order valence-electron chi connectivity index (χ3n) is 3.96. The molecule has 106 valence electrons. The van der Waals surface area contributed by atoms with E-state index >= 15 is 0 Å². The fraction of sp³-hybridized carbons (Fsp3) is 0.600. The SMILES string of the molecule is CC(NCC1(C)CCOCC1)c1ccc(Br)cc1Cl. The van der Waals surface area contributed by atoms with E-state index in [1.165, 1.54) is 0 Å². The van der Waals surface area contributed by atoms with Crippen LogP contribution >= 0.6 is 27.5 Å². The predicted octanol–water partition coefficient (Wildman–Crippen LogP) is 4.57. The Balaban J connectivity index is 1.95. The zero-order chi connectivity index (χ0) is 13.9. The van der Waals surface area contributed by atoms with Gasteiger partial charge in [-0.05, 0) is 42.9 Å². The van der Waals surface area contributed by atoms with Gasteiger partial charge in [-0.3, -0.25) is 0 Å². The summed E-state index contributed by atoms with van der Waals surface area (Å²) in [5.74, 6) is 0. The second-order valence-corrected chi connectivity index (χ2v) is 7.01. The van der Waals surface area contributed by atoms with E-state index in [4.69, 9.17) is 16.3 Å². The second-order valence-electron chi connectivity index (χ2n) is 5.69. The van der Waals surface area contributed by atoms with Gasteiger partial charge in [0.15, 0.2) is 0 Å². The molecule has 4 heteroatoms. The maximum Gasteiger partial charge on any atom is 0.0471 e. The van der Waals surface area contributed by atoms with E-state index in [0.717, 1.165) is 47.7 Å². The number of halogens is 2. The van der Waals surface area contributed by atoms with Gasteiger partial charge in [0.05, 0.1) is 0 Å². The van der Waals surface area contributed by atoms with Crippen molar-refractivity contribution in [2.75, 3.05) is 19.8 Å². The first kappa shape index (κ1) is 15.3. The van der Waals surface area contributed by atoms with E-state index in [0.29, 0.717) is 5.41 Å². The lowest BCUT2D eigenvalue weighted by Gasteiger charge is -2.35. The molecule has 0 saturated carbocycles. The Morgan fingerprint density at radius 1 is 1.42 bits per heavy atom. The first-order chi connectivity index (χ1) is 9.00. The van der Waals surface area contributed by atoms with Crippen LogP contribution in [0.1, 0.15) is 38.3 Å². The summed E-state index contributed by atoms with van der Waals surface area (Å²) in [5, 5.41) is 4.43. The van der Waals surface area contributed by atoms with Crippen LogP contribution in [-0.4, -0.2) is 19.8 Å². The van der Waals surface area contributed by atoms with Gasteiger partial charge in [0.25, 0.3) is 0 Å². The highest BCUT2D eigenvalue weighted by Gasteiger charge is 2.27. The van der Waals surface area contributed by atoms with E-state index < -0.39 is 0 Å². The normalized spacial score (nSPS) is 20.2. The van der Waals surface area contributed by atoms with Gasteiger partial charge in [-0.15, -0.1) is 0 Å². The van der Waals surface area contributed by atoms with Crippen molar-refractivity contribution in [3.63, 3.8) is 0 Å². The lowest BCUT2D eigenvalue weighted by molar-refractivity contribution is 0.0231. The minimum absolute atomic E-state index is 0.264. The van der Waals surface area contributed by atoms with Crippen LogP contribution in [0.3, 0.4) is 0 Å². The minimum atomic E-state index is 0.264. The summed E-state index contributed by atoms with van der Waals surface area (Å²) in [5.41, 5.74) is 1.49. The van der Waals surface area contributed by atoms with Gasteiger partial charge in [-0.1, -0.05) is 40.5 Å². The fourth-order valence-electron chi connectivity index (χ4n) is 2.40. The molecule has 2 nitrogen and oxygen atoms in total. The van der Waals surface area contributed by atoms with Crippen LogP contribution < -0.4 is 5.32 Å². The molecule has 1 aliphatic heterocycles. The molecule has 1 fully saturated rings. The maximum absolute atomic E-state index is 6.29. The van der Waals surface area contributed by atoms with Crippen molar-refractivity contribution in [2.45, 2.75) is 32.7 Å². The number of benzene rings is 1. The maximum atomic E-state index is 6.29. The van der Waals surface area contributed by atoms with E-state index in [2.05, 4.69) is 41.2 Å². The highest BCUT2D eigenvalue weighted by Crippen LogP contribution is 2.31. The number of ether oxygens (including phenoxy) is 1. The Morgan fingerprint density at radius 2 is 2.11 bits per heavy atom. The molecule has 1 unspecified atom stereocenters. The minimum Gasteiger partial charge on any atom is -0.381 e. The largest absolute Gasteiger partial charge is 0.381 e. The molecule has 1 N–H and O–H groups in total. The van der Waals surface area contributed by atoms with Crippen molar-refractivity contribution >= 4 is 27.5 Å². The number of hydrogen-bond acceptors (Lipinski definition) is 2. The number of rotatable bonds is 4. The van der Waals surface area contributed by atoms with Gasteiger partial charge in [0.1, 0.15) is 0 Å². The first-order valence-electron chi connectivity index (χ1n) is 6.76. The zero-order valence-electron chi connectivity index (χ0n) is 11.5. The van der Waals surface area contributed by atoms with Crippen molar-refractivity contribution < 1.29 is 4.74 Å². The molecule has 0 bridgehead atoms. The highest BCUT2D eigenvalue weighted by molar-refractivity contribution is 9.10. The molecule has 1 heterocycles. The van der Waals surface area contributed by atoms with Gasteiger partial charge in [-0.25, -0.2) is 0 Å². The molecule has 0 aromatic heterocycles. The van der Waals surface area contributed by atoms with Crippen LogP contribution in [0.5, 0.6) is 0 Å². The molecule has 1 aliphatic rings. The summed E-state index contributed by atoms with van der Waals surface area (Å²) in [6.07, 6.45) is 2.25. The van der Waals surface area contributed by atoms with Crippen LogP contribution in [0.4, 0.5) is 0 Å². The monoisotopic (exact) mass is 345 g/mol. The van der Waals surface area contributed by atoms with Gasteiger partial charge < -0.3 is 10.1 Å². The smallest absolute Gasteiger partial charge is 0.0471 e. The lowest BCUT2D eigenvalue weighted by Crippen LogP contribution is -2.37. The standard InChI is InChI=1S/C15H21BrClNO/c1-11(13-4-3-12(16)9-14(13)17)18-10-15(2)5-7-19-8-6-15/h3-4,9,11,18H,5-8,10H2,1-2H3. The Hall–Kier alpha value is -0.0900. The van der Waals surface area contributed by atoms with Crippen LogP contribution in [-0.2, 0) is 4.74 Å². The van der Waals surface area contributed by atoms with E-state index in [1.54, 1.807) is 0 Å². The molecule has 1 atom stereocenters. The van der Waals surface area contributed by atoms with Crippen molar-refractivity contribution in [1.29, 1.82) is 0 Å². The van der Waals surface area contributed by atoms with Crippen LogP contribution in [0, 0.1) is 5.41 Å². The van der Waals surface area contributed by atoms with E-state index in [1.807, 2.05) is 12.1 Å². The molecule has 1 aromatic carbocycles. The summed E-state index contributed by atoms with van der Waals surface area (Å²) >= 11 is 9.73. The molecule has 0 amide bonds. The second kappa shape index (κ2) is 6.57. The van der Waals surface area contributed by atoms with Gasteiger partial charge in [0, 0.05) is 35.3 Å². The molecular formula is C15H21BrClNO. The predicted molar refractivity (Wildman–Crippen MR) is 83.7 cm³/mol. The first-order valence-corrected chi connectivity index (χ1v) is 7.93. The summed E-state index contributed by atoms with van der Waals surface area (Å²) in [6, 6.07) is 6.33. The summed E-state index contributed by atoms with van der Waals surface area (Å²) in [7, 11) is 0. The summed E-state index contributed by atoms with van der Waals surface area (Å²) in [6.45, 7) is 7.26. The van der Waals surface area contributed by atoms with Crippen LogP contribution in [0.25, 0.3) is 0 Å². The molecule has 2 rings (SSSR count). The molecular weight excluding hydrogens is 326 g/mol. The Bertz CT molecular complexity index is 432. The van der Waals surface area contributed by atoms with Crippen molar-refractivity contribution in [3.8, 4) is 0 Å². The Kier molecular flexibility index (Phi) is 5.29. The topological polar surface area (TPSA) is 21.3 Å². The molecule has 0 radical (unpaired) electrons. The summed E-state index contributed by atoms with van der Waals surface area (Å²) < 4.78 is 6.45.